The maximum Gasteiger partial charge on any atom is 0.0796 e. The molecule has 106 valence electrons. The van der Waals surface area contributed by atoms with Crippen molar-refractivity contribution in [1.29, 1.82) is 0 Å². The van der Waals surface area contributed by atoms with Gasteiger partial charge in [0.1, 0.15) is 0 Å². The van der Waals surface area contributed by atoms with Crippen LogP contribution in [0.5, 0.6) is 0 Å². The molecule has 1 aromatic rings. The molecule has 0 saturated carbocycles. The first-order valence-electron chi connectivity index (χ1n) is 7.59. The Kier molecular flexibility index (Phi) is 3.74. The van der Waals surface area contributed by atoms with E-state index >= 15 is 0 Å². The number of nitrogens with zero attached hydrogens (tertiary/aromatic N) is 1. The maximum atomic E-state index is 4.80. The number of hydrogen-bond donors (Lipinski definition) is 0. The van der Waals surface area contributed by atoms with Crippen molar-refractivity contribution in [2.24, 2.45) is 4.99 Å². The molecule has 0 spiro atoms. The lowest BCUT2D eigenvalue weighted by Gasteiger charge is -2.39. The summed E-state index contributed by atoms with van der Waals surface area (Å²) in [5.74, 6) is 0.427. The van der Waals surface area contributed by atoms with Gasteiger partial charge >= 0.3 is 0 Å². The zero-order valence-electron chi connectivity index (χ0n) is 12.5. The van der Waals surface area contributed by atoms with Crippen LogP contribution in [0.15, 0.2) is 77.9 Å². The van der Waals surface area contributed by atoms with Gasteiger partial charge in [0, 0.05) is 11.5 Å². The number of benzene rings is 1. The molecule has 0 radical (unpaired) electrons. The van der Waals surface area contributed by atoms with Crippen LogP contribution < -0.4 is 0 Å². The summed E-state index contributed by atoms with van der Waals surface area (Å²) in [6.45, 7) is 10.2. The van der Waals surface area contributed by atoms with E-state index in [4.69, 9.17) is 4.99 Å². The van der Waals surface area contributed by atoms with Crippen molar-refractivity contribution in [3.05, 3.63) is 84.0 Å². The van der Waals surface area contributed by atoms with Gasteiger partial charge in [0.25, 0.3) is 0 Å². The Morgan fingerprint density at radius 1 is 1.33 bits per heavy atom. The van der Waals surface area contributed by atoms with Gasteiger partial charge < -0.3 is 0 Å². The summed E-state index contributed by atoms with van der Waals surface area (Å²) in [5.41, 5.74) is 6.26. The Morgan fingerprint density at radius 3 is 2.90 bits per heavy atom. The van der Waals surface area contributed by atoms with Crippen molar-refractivity contribution in [1.82, 2.24) is 0 Å². The van der Waals surface area contributed by atoms with Crippen molar-refractivity contribution < 1.29 is 0 Å². The summed E-state index contributed by atoms with van der Waals surface area (Å²) >= 11 is 0. The van der Waals surface area contributed by atoms with E-state index in [0.29, 0.717) is 5.92 Å². The van der Waals surface area contributed by atoms with Crippen LogP contribution in [0.2, 0.25) is 0 Å². The van der Waals surface area contributed by atoms with Gasteiger partial charge in [-0.2, -0.15) is 0 Å². The lowest BCUT2D eigenvalue weighted by atomic mass is 9.70. The van der Waals surface area contributed by atoms with Crippen molar-refractivity contribution in [3.63, 3.8) is 0 Å². The fraction of sp³-hybridized carbons (Fsp3) is 0.250. The number of allylic oxidation sites excluding steroid dienone is 4. The van der Waals surface area contributed by atoms with E-state index < -0.39 is 0 Å². The van der Waals surface area contributed by atoms with E-state index in [-0.39, 0.29) is 6.04 Å². The normalized spacial score (nSPS) is 22.7. The first-order chi connectivity index (χ1) is 10.2. The Labute approximate surface area is 127 Å². The average molecular weight is 275 g/mol. The van der Waals surface area contributed by atoms with Crippen LogP contribution in [-0.4, -0.2) is 11.8 Å². The summed E-state index contributed by atoms with van der Waals surface area (Å²) in [6, 6.07) is 8.84. The van der Waals surface area contributed by atoms with Crippen molar-refractivity contribution in [2.45, 2.75) is 31.7 Å². The molecule has 0 amide bonds. The van der Waals surface area contributed by atoms with Gasteiger partial charge in [0.2, 0.25) is 0 Å². The van der Waals surface area contributed by atoms with Gasteiger partial charge in [0.05, 0.1) is 11.8 Å². The monoisotopic (exact) mass is 275 g/mol. The lowest BCUT2D eigenvalue weighted by Crippen LogP contribution is -2.32. The quantitative estimate of drug-likeness (QED) is 0.531. The van der Waals surface area contributed by atoms with E-state index in [9.17, 15) is 0 Å². The standard InChI is InChI=1S/C20H21N/c1-4-6-9-14(3)12-15-13-19-20(15)17-11-8-7-10-16(17)18(5-2)21-19/h5-11,13,19-20H,2-4,12H2,1H3/b9-6-. The van der Waals surface area contributed by atoms with Gasteiger partial charge in [0.15, 0.2) is 0 Å². The lowest BCUT2D eigenvalue weighted by molar-refractivity contribution is 0.594. The molecule has 1 aromatic carbocycles. The first-order valence-corrected chi connectivity index (χ1v) is 7.59. The SMILES string of the molecule is C=CC1=NC2C=C(CC(=C)/C=C\CC)C2c2ccccc21. The minimum atomic E-state index is 0.283. The second-order valence-electron chi connectivity index (χ2n) is 5.66. The maximum absolute atomic E-state index is 4.80. The number of fused-ring (bicyclic) bond motifs is 3. The topological polar surface area (TPSA) is 12.4 Å². The van der Waals surface area contributed by atoms with Crippen LogP contribution in [0.1, 0.15) is 36.8 Å². The molecule has 1 aliphatic carbocycles. The minimum absolute atomic E-state index is 0.283. The van der Waals surface area contributed by atoms with Crippen molar-refractivity contribution in [2.75, 3.05) is 0 Å². The highest BCUT2D eigenvalue weighted by molar-refractivity contribution is 6.10. The van der Waals surface area contributed by atoms with Gasteiger partial charge in [-0.05, 0) is 24.5 Å². The third-order valence-electron chi connectivity index (χ3n) is 4.20. The molecule has 0 bridgehead atoms. The van der Waals surface area contributed by atoms with E-state index in [1.54, 1.807) is 0 Å². The predicted molar refractivity (Wildman–Crippen MR) is 91.0 cm³/mol. The van der Waals surface area contributed by atoms with Crippen LogP contribution in [0.4, 0.5) is 0 Å². The zero-order chi connectivity index (χ0) is 14.8. The Balaban J connectivity index is 1.88. The second-order valence-corrected chi connectivity index (χ2v) is 5.66. The minimum Gasteiger partial charge on any atom is -0.276 e. The molecular formula is C20H21N. The van der Waals surface area contributed by atoms with Crippen LogP contribution >= 0.6 is 0 Å². The van der Waals surface area contributed by atoms with Gasteiger partial charge in [-0.15, -0.1) is 0 Å². The van der Waals surface area contributed by atoms with Crippen molar-refractivity contribution in [3.8, 4) is 0 Å². The molecule has 0 fully saturated rings. The summed E-state index contributed by atoms with van der Waals surface area (Å²) in [5, 5.41) is 0. The Bertz CT molecular complexity index is 673. The molecule has 2 aliphatic rings. The predicted octanol–water partition coefficient (Wildman–Crippen LogP) is 4.98. The van der Waals surface area contributed by atoms with E-state index in [1.165, 1.54) is 22.3 Å². The highest BCUT2D eigenvalue weighted by Crippen LogP contribution is 2.46. The number of aliphatic imine (C=N–C) groups is 1. The van der Waals surface area contributed by atoms with E-state index in [2.05, 4.69) is 62.6 Å². The molecule has 0 saturated heterocycles. The summed E-state index contributed by atoms with van der Waals surface area (Å²) in [7, 11) is 0. The van der Waals surface area contributed by atoms with Crippen LogP contribution in [0.25, 0.3) is 0 Å². The first kappa shape index (κ1) is 13.8. The smallest absolute Gasteiger partial charge is 0.0796 e. The fourth-order valence-corrected chi connectivity index (χ4v) is 3.18. The molecule has 1 aliphatic heterocycles. The second kappa shape index (κ2) is 5.69. The molecule has 21 heavy (non-hydrogen) atoms. The molecule has 1 heterocycles. The molecule has 2 atom stereocenters. The van der Waals surface area contributed by atoms with Crippen LogP contribution in [-0.2, 0) is 0 Å². The molecular weight excluding hydrogens is 254 g/mol. The average Bonchev–Trinajstić information content (AvgIpc) is 2.49. The van der Waals surface area contributed by atoms with E-state index in [0.717, 1.165) is 18.6 Å². The highest BCUT2D eigenvalue weighted by Gasteiger charge is 2.37. The van der Waals surface area contributed by atoms with Crippen LogP contribution in [0.3, 0.4) is 0 Å². The van der Waals surface area contributed by atoms with Gasteiger partial charge in [-0.1, -0.05) is 73.7 Å². The van der Waals surface area contributed by atoms with Crippen molar-refractivity contribution >= 4 is 5.71 Å². The molecule has 1 heteroatoms. The fourth-order valence-electron chi connectivity index (χ4n) is 3.18. The molecule has 0 N–H and O–H groups in total. The van der Waals surface area contributed by atoms with Gasteiger partial charge in [-0.25, -0.2) is 0 Å². The molecule has 0 aromatic heterocycles. The summed E-state index contributed by atoms with van der Waals surface area (Å²) < 4.78 is 0. The molecule has 2 unspecified atom stereocenters. The third-order valence-corrected chi connectivity index (χ3v) is 4.20. The Morgan fingerprint density at radius 2 is 2.14 bits per heavy atom. The zero-order valence-corrected chi connectivity index (χ0v) is 12.5. The summed E-state index contributed by atoms with van der Waals surface area (Å²) in [6.07, 6.45) is 10.5. The number of hydrogen-bond acceptors (Lipinski definition) is 1. The third kappa shape index (κ3) is 2.44. The molecule has 1 nitrogen and oxygen atoms in total. The highest BCUT2D eigenvalue weighted by atomic mass is 14.8. The van der Waals surface area contributed by atoms with E-state index in [1.807, 2.05) is 6.08 Å². The number of rotatable bonds is 5. The largest absolute Gasteiger partial charge is 0.276 e. The van der Waals surface area contributed by atoms with Crippen LogP contribution in [0, 0.1) is 0 Å². The van der Waals surface area contributed by atoms with Gasteiger partial charge in [-0.3, -0.25) is 4.99 Å². The Hall–Kier alpha value is -2.15. The molecule has 3 rings (SSSR count). The summed E-state index contributed by atoms with van der Waals surface area (Å²) in [4.78, 5) is 4.80.